The SMILES string of the molecule is NS(=O)(=O)c1cccc(CNc2ccc([N+](=O)[O-])cn2)c1. The molecule has 0 aliphatic heterocycles. The first-order chi connectivity index (χ1) is 9.86. The Morgan fingerprint density at radius 3 is 2.62 bits per heavy atom. The van der Waals surface area contributed by atoms with Crippen molar-refractivity contribution in [1.82, 2.24) is 4.98 Å². The third-order valence-electron chi connectivity index (χ3n) is 2.66. The molecule has 9 heteroatoms. The number of nitrogens with two attached hydrogens (primary N) is 1. The summed E-state index contributed by atoms with van der Waals surface area (Å²) in [6, 6.07) is 8.97. The quantitative estimate of drug-likeness (QED) is 0.632. The molecule has 0 fully saturated rings. The predicted molar refractivity (Wildman–Crippen MR) is 76.0 cm³/mol. The number of benzene rings is 1. The molecule has 0 saturated carbocycles. The number of anilines is 1. The monoisotopic (exact) mass is 308 g/mol. The van der Waals surface area contributed by atoms with E-state index in [1.165, 1.54) is 24.3 Å². The van der Waals surface area contributed by atoms with Gasteiger partial charge in [0.1, 0.15) is 12.0 Å². The molecule has 0 atom stereocenters. The summed E-state index contributed by atoms with van der Waals surface area (Å²) in [5.74, 6) is 0.446. The number of sulfonamides is 1. The number of rotatable bonds is 5. The molecule has 8 nitrogen and oxygen atoms in total. The van der Waals surface area contributed by atoms with Crippen LogP contribution in [0.1, 0.15) is 5.56 Å². The molecule has 0 bridgehead atoms. The molecule has 0 aliphatic carbocycles. The molecule has 0 radical (unpaired) electrons. The van der Waals surface area contributed by atoms with Crippen molar-refractivity contribution >= 4 is 21.5 Å². The maximum absolute atomic E-state index is 11.2. The zero-order chi connectivity index (χ0) is 15.5. The summed E-state index contributed by atoms with van der Waals surface area (Å²) < 4.78 is 22.5. The Bertz CT molecular complexity index is 759. The lowest BCUT2D eigenvalue weighted by molar-refractivity contribution is -0.385. The summed E-state index contributed by atoms with van der Waals surface area (Å²) in [6.45, 7) is 0.314. The fourth-order valence-corrected chi connectivity index (χ4v) is 2.21. The first-order valence-electron chi connectivity index (χ1n) is 5.82. The topological polar surface area (TPSA) is 128 Å². The van der Waals surface area contributed by atoms with E-state index < -0.39 is 14.9 Å². The second-order valence-electron chi connectivity index (χ2n) is 4.20. The molecule has 110 valence electrons. The predicted octanol–water partition coefficient (Wildman–Crippen LogP) is 1.25. The number of hydrogen-bond donors (Lipinski definition) is 2. The van der Waals surface area contributed by atoms with Crippen LogP contribution in [0, 0.1) is 10.1 Å². The highest BCUT2D eigenvalue weighted by atomic mass is 32.2. The van der Waals surface area contributed by atoms with E-state index in [0.29, 0.717) is 17.9 Å². The average molecular weight is 308 g/mol. The second-order valence-corrected chi connectivity index (χ2v) is 5.77. The summed E-state index contributed by atoms with van der Waals surface area (Å²) >= 11 is 0. The zero-order valence-corrected chi connectivity index (χ0v) is 11.6. The van der Waals surface area contributed by atoms with E-state index >= 15 is 0 Å². The van der Waals surface area contributed by atoms with E-state index in [1.54, 1.807) is 12.1 Å². The molecule has 2 aromatic rings. The van der Waals surface area contributed by atoms with Crippen LogP contribution >= 0.6 is 0 Å². The largest absolute Gasteiger partial charge is 0.366 e. The van der Waals surface area contributed by atoms with Gasteiger partial charge >= 0.3 is 0 Å². The van der Waals surface area contributed by atoms with E-state index in [-0.39, 0.29) is 10.6 Å². The van der Waals surface area contributed by atoms with E-state index in [2.05, 4.69) is 10.3 Å². The maximum Gasteiger partial charge on any atom is 0.287 e. The molecular formula is C12H12N4O4S. The lowest BCUT2D eigenvalue weighted by Crippen LogP contribution is -2.12. The van der Waals surface area contributed by atoms with Gasteiger partial charge in [-0.25, -0.2) is 18.5 Å². The van der Waals surface area contributed by atoms with Crippen molar-refractivity contribution in [3.05, 3.63) is 58.3 Å². The average Bonchev–Trinajstić information content (AvgIpc) is 2.45. The van der Waals surface area contributed by atoms with Crippen LogP contribution in [0.25, 0.3) is 0 Å². The van der Waals surface area contributed by atoms with Gasteiger partial charge in [-0.15, -0.1) is 0 Å². The highest BCUT2D eigenvalue weighted by Gasteiger charge is 2.08. The van der Waals surface area contributed by atoms with Crippen LogP contribution in [0.4, 0.5) is 11.5 Å². The number of nitro groups is 1. The Morgan fingerprint density at radius 2 is 2.05 bits per heavy atom. The molecule has 0 unspecified atom stereocenters. The molecular weight excluding hydrogens is 296 g/mol. The van der Waals surface area contributed by atoms with Gasteiger partial charge in [-0.05, 0) is 23.8 Å². The molecule has 21 heavy (non-hydrogen) atoms. The zero-order valence-electron chi connectivity index (χ0n) is 10.8. The van der Waals surface area contributed by atoms with Crippen LogP contribution in [0.2, 0.25) is 0 Å². The Morgan fingerprint density at radius 1 is 1.29 bits per heavy atom. The minimum Gasteiger partial charge on any atom is -0.366 e. The molecule has 1 aromatic heterocycles. The number of nitrogens with zero attached hydrogens (tertiary/aromatic N) is 2. The third kappa shape index (κ3) is 3.97. The Balaban J connectivity index is 2.08. The highest BCUT2D eigenvalue weighted by molar-refractivity contribution is 7.89. The van der Waals surface area contributed by atoms with Crippen molar-refractivity contribution in [2.75, 3.05) is 5.32 Å². The molecule has 3 N–H and O–H groups in total. The first-order valence-corrected chi connectivity index (χ1v) is 7.37. The molecule has 1 aromatic carbocycles. The number of primary sulfonamides is 1. The van der Waals surface area contributed by atoms with Crippen LogP contribution in [0.5, 0.6) is 0 Å². The molecule has 1 heterocycles. The summed E-state index contributed by atoms with van der Waals surface area (Å²) in [5, 5.41) is 18.5. The standard InChI is InChI=1S/C12H12N4O4S/c13-21(19,20)11-3-1-2-9(6-11)7-14-12-5-4-10(8-15-12)16(17)18/h1-6,8H,7H2,(H,14,15)(H2,13,19,20). The van der Waals surface area contributed by atoms with Crippen molar-refractivity contribution < 1.29 is 13.3 Å². The van der Waals surface area contributed by atoms with Crippen molar-refractivity contribution in [1.29, 1.82) is 0 Å². The summed E-state index contributed by atoms with van der Waals surface area (Å²) in [6.07, 6.45) is 1.14. The number of aromatic nitrogens is 1. The number of nitrogens with one attached hydrogen (secondary N) is 1. The van der Waals surface area contributed by atoms with Crippen molar-refractivity contribution in [3.8, 4) is 0 Å². The van der Waals surface area contributed by atoms with Gasteiger partial charge in [0.25, 0.3) is 5.69 Å². The van der Waals surface area contributed by atoms with E-state index in [0.717, 1.165) is 6.20 Å². The summed E-state index contributed by atoms with van der Waals surface area (Å²) in [4.78, 5) is 13.9. The second kappa shape index (κ2) is 5.85. The van der Waals surface area contributed by atoms with Crippen molar-refractivity contribution in [2.24, 2.45) is 5.14 Å². The third-order valence-corrected chi connectivity index (χ3v) is 3.57. The molecule has 2 rings (SSSR count). The molecule has 0 aliphatic rings. The summed E-state index contributed by atoms with van der Waals surface area (Å²) in [5.41, 5.74) is 0.596. The van der Waals surface area contributed by atoms with Gasteiger partial charge in [-0.2, -0.15) is 0 Å². The minimum absolute atomic E-state index is 0.0264. The first kappa shape index (κ1) is 14.9. The van der Waals surface area contributed by atoms with Crippen LogP contribution in [-0.2, 0) is 16.6 Å². The van der Waals surface area contributed by atoms with Crippen LogP contribution in [0.3, 0.4) is 0 Å². The van der Waals surface area contributed by atoms with Gasteiger partial charge in [-0.1, -0.05) is 12.1 Å². The minimum atomic E-state index is -3.74. The van der Waals surface area contributed by atoms with Gasteiger partial charge in [0.2, 0.25) is 10.0 Å². The summed E-state index contributed by atoms with van der Waals surface area (Å²) in [7, 11) is -3.74. The maximum atomic E-state index is 11.2. The number of hydrogen-bond acceptors (Lipinski definition) is 6. The van der Waals surface area contributed by atoms with Gasteiger partial charge in [0.15, 0.2) is 0 Å². The Kier molecular flexibility index (Phi) is 4.15. The lowest BCUT2D eigenvalue weighted by atomic mass is 10.2. The van der Waals surface area contributed by atoms with Crippen LogP contribution < -0.4 is 10.5 Å². The van der Waals surface area contributed by atoms with Crippen molar-refractivity contribution in [3.63, 3.8) is 0 Å². The fourth-order valence-electron chi connectivity index (χ4n) is 1.62. The van der Waals surface area contributed by atoms with Gasteiger partial charge < -0.3 is 5.32 Å². The van der Waals surface area contributed by atoms with Crippen LogP contribution in [0.15, 0.2) is 47.5 Å². The van der Waals surface area contributed by atoms with Gasteiger partial charge in [0.05, 0.1) is 9.82 Å². The Hall–Kier alpha value is -2.52. The smallest absolute Gasteiger partial charge is 0.287 e. The molecule has 0 amide bonds. The Labute approximate surface area is 120 Å². The fraction of sp³-hybridized carbons (Fsp3) is 0.0833. The highest BCUT2D eigenvalue weighted by Crippen LogP contribution is 2.14. The van der Waals surface area contributed by atoms with E-state index in [9.17, 15) is 18.5 Å². The lowest BCUT2D eigenvalue weighted by Gasteiger charge is -2.06. The van der Waals surface area contributed by atoms with Crippen molar-refractivity contribution in [2.45, 2.75) is 11.4 Å². The normalized spacial score (nSPS) is 11.1. The number of pyridine rings is 1. The molecule has 0 saturated heterocycles. The van der Waals surface area contributed by atoms with Gasteiger partial charge in [-0.3, -0.25) is 10.1 Å². The van der Waals surface area contributed by atoms with Crippen LogP contribution in [-0.4, -0.2) is 18.3 Å². The molecule has 0 spiro atoms. The van der Waals surface area contributed by atoms with Gasteiger partial charge in [0, 0.05) is 12.6 Å². The van der Waals surface area contributed by atoms with E-state index in [1.807, 2.05) is 0 Å². The van der Waals surface area contributed by atoms with E-state index in [4.69, 9.17) is 5.14 Å².